The first-order valence-electron chi connectivity index (χ1n) is 1.95. The highest BCUT2D eigenvalue weighted by molar-refractivity contribution is 5.82. The van der Waals surface area contributed by atoms with Crippen LogP contribution in [0.4, 0.5) is 0 Å². The van der Waals surface area contributed by atoms with E-state index in [4.69, 9.17) is 5.26 Å². The SMILES string of the molecule is COC(=O)/C=C/C#N. The molecule has 0 aliphatic heterocycles. The van der Waals surface area contributed by atoms with Gasteiger partial charge in [0.1, 0.15) is 0 Å². The summed E-state index contributed by atoms with van der Waals surface area (Å²) < 4.78 is 4.18. The Kier molecular flexibility index (Phi) is 3.25. The summed E-state index contributed by atoms with van der Waals surface area (Å²) in [5, 5.41) is 7.87. The highest BCUT2D eigenvalue weighted by Crippen LogP contribution is 1.74. The molecule has 0 saturated carbocycles. The van der Waals surface area contributed by atoms with Gasteiger partial charge in [0.2, 0.25) is 0 Å². The number of hydrogen-bond acceptors (Lipinski definition) is 3. The maximum absolute atomic E-state index is 10.1. The van der Waals surface area contributed by atoms with E-state index < -0.39 is 5.97 Å². The molecule has 0 atom stereocenters. The fraction of sp³-hybridized carbons (Fsp3) is 0.200. The van der Waals surface area contributed by atoms with E-state index in [2.05, 4.69) is 4.74 Å². The summed E-state index contributed by atoms with van der Waals surface area (Å²) in [6, 6.07) is 1.65. The highest BCUT2D eigenvalue weighted by atomic mass is 16.5. The van der Waals surface area contributed by atoms with Crippen molar-refractivity contribution in [3.63, 3.8) is 0 Å². The Morgan fingerprint density at radius 2 is 2.50 bits per heavy atom. The lowest BCUT2D eigenvalue weighted by Gasteiger charge is -1.84. The summed E-state index contributed by atoms with van der Waals surface area (Å²) in [6.45, 7) is 0. The minimum atomic E-state index is -0.508. The molecule has 0 spiro atoms. The van der Waals surface area contributed by atoms with Crippen LogP contribution in [0.15, 0.2) is 12.2 Å². The normalized spacial score (nSPS) is 8.50. The largest absolute Gasteiger partial charge is 0.466 e. The molecule has 8 heavy (non-hydrogen) atoms. The Morgan fingerprint density at radius 1 is 1.88 bits per heavy atom. The van der Waals surface area contributed by atoms with Crippen LogP contribution < -0.4 is 0 Å². The molecule has 0 radical (unpaired) electrons. The number of ether oxygens (including phenoxy) is 1. The third kappa shape index (κ3) is 2.91. The third-order valence-electron chi connectivity index (χ3n) is 0.495. The molecule has 0 rings (SSSR count). The minimum absolute atomic E-state index is 0.508. The summed E-state index contributed by atoms with van der Waals surface area (Å²) in [7, 11) is 1.25. The van der Waals surface area contributed by atoms with Gasteiger partial charge in [-0.25, -0.2) is 4.79 Å². The van der Waals surface area contributed by atoms with Gasteiger partial charge in [-0.2, -0.15) is 5.26 Å². The number of nitriles is 1. The van der Waals surface area contributed by atoms with Crippen molar-refractivity contribution >= 4 is 5.97 Å². The van der Waals surface area contributed by atoms with Crippen molar-refractivity contribution in [3.05, 3.63) is 12.2 Å². The summed E-state index contributed by atoms with van der Waals surface area (Å²) in [5.74, 6) is -0.508. The van der Waals surface area contributed by atoms with E-state index in [0.717, 1.165) is 12.2 Å². The first-order valence-corrected chi connectivity index (χ1v) is 1.95. The lowest BCUT2D eigenvalue weighted by atomic mass is 10.5. The average Bonchev–Trinajstić information content (AvgIpc) is 1.83. The molecule has 0 unspecified atom stereocenters. The smallest absolute Gasteiger partial charge is 0.331 e. The Balaban J connectivity index is 3.57. The molecule has 0 bridgehead atoms. The lowest BCUT2D eigenvalue weighted by Crippen LogP contribution is -1.92. The van der Waals surface area contributed by atoms with Crippen molar-refractivity contribution in [2.75, 3.05) is 7.11 Å². The molecule has 0 amide bonds. The zero-order chi connectivity index (χ0) is 6.41. The van der Waals surface area contributed by atoms with E-state index >= 15 is 0 Å². The van der Waals surface area contributed by atoms with Gasteiger partial charge in [0.15, 0.2) is 0 Å². The summed E-state index contributed by atoms with van der Waals surface area (Å²) in [5.41, 5.74) is 0. The van der Waals surface area contributed by atoms with E-state index in [9.17, 15) is 4.79 Å². The Bertz CT molecular complexity index is 143. The molecule has 0 N–H and O–H groups in total. The number of hydrogen-bond donors (Lipinski definition) is 0. The van der Waals surface area contributed by atoms with E-state index in [1.807, 2.05) is 0 Å². The van der Waals surface area contributed by atoms with Gasteiger partial charge >= 0.3 is 5.97 Å². The molecule has 0 aliphatic rings. The lowest BCUT2D eigenvalue weighted by molar-refractivity contribution is -0.134. The van der Waals surface area contributed by atoms with E-state index in [1.54, 1.807) is 6.07 Å². The molecule has 0 fully saturated rings. The van der Waals surface area contributed by atoms with E-state index in [1.165, 1.54) is 7.11 Å². The zero-order valence-electron chi connectivity index (χ0n) is 4.42. The van der Waals surface area contributed by atoms with Crippen LogP contribution in [-0.2, 0) is 9.53 Å². The van der Waals surface area contributed by atoms with Crippen molar-refractivity contribution in [1.29, 1.82) is 5.26 Å². The molecule has 0 aliphatic carbocycles. The molecule has 0 heterocycles. The molecule has 0 saturated heterocycles. The predicted molar refractivity (Wildman–Crippen MR) is 26.8 cm³/mol. The second kappa shape index (κ2) is 3.88. The van der Waals surface area contributed by atoms with Gasteiger partial charge in [-0.3, -0.25) is 0 Å². The summed E-state index contributed by atoms with van der Waals surface area (Å²) >= 11 is 0. The van der Waals surface area contributed by atoms with E-state index in [-0.39, 0.29) is 0 Å². The van der Waals surface area contributed by atoms with Gasteiger partial charge in [0.05, 0.1) is 13.2 Å². The Labute approximate surface area is 47.2 Å². The van der Waals surface area contributed by atoms with Gasteiger partial charge in [0.25, 0.3) is 0 Å². The molecule has 3 nitrogen and oxygen atoms in total. The standard InChI is InChI=1S/C5H5NO2/c1-8-5(7)3-2-4-6/h2-3H,1H3/b3-2+. The third-order valence-corrected chi connectivity index (χ3v) is 0.495. The molecule has 42 valence electrons. The number of rotatable bonds is 1. The van der Waals surface area contributed by atoms with Crippen molar-refractivity contribution in [2.45, 2.75) is 0 Å². The monoisotopic (exact) mass is 111 g/mol. The first-order chi connectivity index (χ1) is 3.81. The molecular weight excluding hydrogens is 106 g/mol. The fourth-order valence-electron chi connectivity index (χ4n) is 0.173. The number of esters is 1. The topological polar surface area (TPSA) is 50.1 Å². The van der Waals surface area contributed by atoms with E-state index in [0.29, 0.717) is 0 Å². The van der Waals surface area contributed by atoms with Gasteiger partial charge in [0, 0.05) is 12.2 Å². The maximum atomic E-state index is 10.1. The van der Waals surface area contributed by atoms with Crippen molar-refractivity contribution in [2.24, 2.45) is 0 Å². The number of allylic oxidation sites excluding steroid dienone is 1. The van der Waals surface area contributed by atoms with Crippen LogP contribution in [0.3, 0.4) is 0 Å². The van der Waals surface area contributed by atoms with Crippen LogP contribution >= 0.6 is 0 Å². The number of carbonyl (C=O) groups excluding carboxylic acids is 1. The van der Waals surface area contributed by atoms with Crippen molar-refractivity contribution < 1.29 is 9.53 Å². The number of methoxy groups -OCH3 is 1. The highest BCUT2D eigenvalue weighted by Gasteiger charge is 1.86. The van der Waals surface area contributed by atoms with Gasteiger partial charge in [-0.05, 0) is 0 Å². The van der Waals surface area contributed by atoms with Crippen molar-refractivity contribution in [3.8, 4) is 6.07 Å². The van der Waals surface area contributed by atoms with Crippen LogP contribution in [0.25, 0.3) is 0 Å². The van der Waals surface area contributed by atoms with Crippen LogP contribution in [0.5, 0.6) is 0 Å². The average molecular weight is 111 g/mol. The van der Waals surface area contributed by atoms with Crippen LogP contribution in [0, 0.1) is 11.3 Å². The molecule has 0 aromatic rings. The summed E-state index contributed by atoms with van der Waals surface area (Å²) in [6.07, 6.45) is 2.12. The number of carbonyl (C=O) groups is 1. The van der Waals surface area contributed by atoms with Crippen LogP contribution in [0.1, 0.15) is 0 Å². The van der Waals surface area contributed by atoms with Gasteiger partial charge in [-0.15, -0.1) is 0 Å². The van der Waals surface area contributed by atoms with Crippen LogP contribution in [0.2, 0.25) is 0 Å². The quantitative estimate of drug-likeness (QED) is 0.276. The summed E-state index contributed by atoms with van der Waals surface area (Å²) in [4.78, 5) is 10.1. The number of nitrogens with zero attached hydrogens (tertiary/aromatic N) is 1. The second-order valence-electron chi connectivity index (χ2n) is 0.986. The maximum Gasteiger partial charge on any atom is 0.331 e. The fourth-order valence-corrected chi connectivity index (χ4v) is 0.173. The second-order valence-corrected chi connectivity index (χ2v) is 0.986. The Morgan fingerprint density at radius 3 is 2.88 bits per heavy atom. The molecular formula is C5H5NO2. The van der Waals surface area contributed by atoms with Gasteiger partial charge in [-0.1, -0.05) is 0 Å². The Hall–Kier alpha value is -1.30. The molecule has 3 heteroatoms. The van der Waals surface area contributed by atoms with Crippen molar-refractivity contribution in [1.82, 2.24) is 0 Å². The minimum Gasteiger partial charge on any atom is -0.466 e. The molecule has 0 aromatic heterocycles. The van der Waals surface area contributed by atoms with Gasteiger partial charge < -0.3 is 4.74 Å². The predicted octanol–water partition coefficient (Wildman–Crippen LogP) is 0.239. The zero-order valence-corrected chi connectivity index (χ0v) is 4.42. The van der Waals surface area contributed by atoms with Crippen LogP contribution in [-0.4, -0.2) is 13.1 Å². The first kappa shape index (κ1) is 6.70. The molecule has 0 aromatic carbocycles.